The lowest BCUT2D eigenvalue weighted by Gasteiger charge is -2.09. The van der Waals surface area contributed by atoms with E-state index in [9.17, 15) is 9.59 Å². The number of aryl methyl sites for hydroxylation is 4. The van der Waals surface area contributed by atoms with Gasteiger partial charge in [0, 0.05) is 12.1 Å². The SMILES string of the molecule is Cc1ccccc1NC(=O)CCn1nc(C)c2c(C)n(-c3ccccc3)nc2c1=O. The van der Waals surface area contributed by atoms with Crippen LogP contribution in [0.1, 0.15) is 23.4 Å². The van der Waals surface area contributed by atoms with Crippen LogP contribution < -0.4 is 10.9 Å². The molecule has 0 radical (unpaired) electrons. The van der Waals surface area contributed by atoms with E-state index in [0.717, 1.165) is 28.0 Å². The molecule has 4 rings (SSSR count). The van der Waals surface area contributed by atoms with E-state index in [1.165, 1.54) is 4.68 Å². The lowest BCUT2D eigenvalue weighted by molar-refractivity contribution is -0.116. The largest absolute Gasteiger partial charge is 0.326 e. The van der Waals surface area contributed by atoms with Gasteiger partial charge in [0.25, 0.3) is 5.56 Å². The highest BCUT2D eigenvalue weighted by molar-refractivity contribution is 5.91. The van der Waals surface area contributed by atoms with E-state index in [2.05, 4.69) is 15.5 Å². The third-order valence-electron chi connectivity index (χ3n) is 5.16. The van der Waals surface area contributed by atoms with E-state index in [4.69, 9.17) is 0 Å². The third-order valence-corrected chi connectivity index (χ3v) is 5.16. The van der Waals surface area contributed by atoms with Gasteiger partial charge in [-0.05, 0) is 44.5 Å². The second-order valence-corrected chi connectivity index (χ2v) is 7.28. The Bertz CT molecular complexity index is 1290. The van der Waals surface area contributed by atoms with Gasteiger partial charge in [-0.1, -0.05) is 36.4 Å². The maximum absolute atomic E-state index is 13.0. The molecule has 0 aliphatic carbocycles. The number of fused-ring (bicyclic) bond motifs is 1. The number of carbonyl (C=O) groups excluding carboxylic acids is 1. The molecule has 7 heteroatoms. The van der Waals surface area contributed by atoms with Gasteiger partial charge in [-0.15, -0.1) is 0 Å². The number of amides is 1. The first-order valence-electron chi connectivity index (χ1n) is 9.83. The lowest BCUT2D eigenvalue weighted by atomic mass is 10.2. The van der Waals surface area contributed by atoms with Gasteiger partial charge in [-0.25, -0.2) is 9.36 Å². The molecule has 0 aliphatic heterocycles. The molecule has 0 saturated carbocycles. The Hall–Kier alpha value is -3.74. The van der Waals surface area contributed by atoms with E-state index in [-0.39, 0.29) is 24.4 Å². The van der Waals surface area contributed by atoms with Crippen LogP contribution in [0.25, 0.3) is 16.6 Å². The number of hydrogen-bond acceptors (Lipinski definition) is 4. The van der Waals surface area contributed by atoms with E-state index >= 15 is 0 Å². The lowest BCUT2D eigenvalue weighted by Crippen LogP contribution is -2.26. The van der Waals surface area contributed by atoms with E-state index in [1.807, 2.05) is 75.4 Å². The number of nitrogens with one attached hydrogen (secondary N) is 1. The average molecular weight is 401 g/mol. The van der Waals surface area contributed by atoms with Crippen LogP contribution in [0.3, 0.4) is 0 Å². The summed E-state index contributed by atoms with van der Waals surface area (Å²) >= 11 is 0. The van der Waals surface area contributed by atoms with Gasteiger partial charge < -0.3 is 5.32 Å². The maximum atomic E-state index is 13.0. The number of hydrogen-bond donors (Lipinski definition) is 1. The van der Waals surface area contributed by atoms with E-state index < -0.39 is 0 Å². The van der Waals surface area contributed by atoms with Crippen molar-refractivity contribution < 1.29 is 4.79 Å². The van der Waals surface area contributed by atoms with Crippen LogP contribution in [0.5, 0.6) is 0 Å². The van der Waals surface area contributed by atoms with Gasteiger partial charge in [0.2, 0.25) is 5.91 Å². The first-order chi connectivity index (χ1) is 14.5. The standard InChI is InChI=1S/C23H23N5O2/c1-15-9-7-8-12-19(15)24-20(29)13-14-27-23(30)22-21(16(2)25-27)17(3)28(26-22)18-10-5-4-6-11-18/h4-12H,13-14H2,1-3H3,(H,24,29). The van der Waals surface area contributed by atoms with Crippen molar-refractivity contribution in [2.75, 3.05) is 5.32 Å². The molecule has 1 N–H and O–H groups in total. The van der Waals surface area contributed by atoms with Crippen LogP contribution >= 0.6 is 0 Å². The summed E-state index contributed by atoms with van der Waals surface area (Å²) in [6.45, 7) is 5.90. The number of anilines is 1. The average Bonchev–Trinajstić information content (AvgIpc) is 3.10. The number of rotatable bonds is 5. The van der Waals surface area contributed by atoms with Crippen LogP contribution in [-0.4, -0.2) is 25.5 Å². The highest BCUT2D eigenvalue weighted by atomic mass is 16.2. The molecule has 0 spiro atoms. The van der Waals surface area contributed by atoms with Crippen molar-refractivity contribution in [3.05, 3.63) is 81.9 Å². The van der Waals surface area contributed by atoms with Gasteiger partial charge in [-0.3, -0.25) is 9.59 Å². The molecule has 0 bridgehead atoms. The summed E-state index contributed by atoms with van der Waals surface area (Å²) in [6, 6.07) is 17.3. The summed E-state index contributed by atoms with van der Waals surface area (Å²) in [5.41, 5.74) is 4.28. The van der Waals surface area contributed by atoms with Crippen molar-refractivity contribution >= 4 is 22.5 Å². The molecule has 7 nitrogen and oxygen atoms in total. The predicted octanol–water partition coefficient (Wildman–Crippen LogP) is 3.54. The highest BCUT2D eigenvalue weighted by Gasteiger charge is 2.17. The summed E-state index contributed by atoms with van der Waals surface area (Å²) in [4.78, 5) is 25.4. The molecule has 152 valence electrons. The Morgan fingerprint density at radius 2 is 1.67 bits per heavy atom. The predicted molar refractivity (Wildman–Crippen MR) is 117 cm³/mol. The fourth-order valence-electron chi connectivity index (χ4n) is 3.59. The molecule has 0 unspecified atom stereocenters. The van der Waals surface area contributed by atoms with Crippen molar-refractivity contribution in [2.45, 2.75) is 33.7 Å². The fraction of sp³-hybridized carbons (Fsp3) is 0.217. The molecular formula is C23H23N5O2. The normalized spacial score (nSPS) is 11.0. The maximum Gasteiger partial charge on any atom is 0.295 e. The second-order valence-electron chi connectivity index (χ2n) is 7.28. The molecular weight excluding hydrogens is 378 g/mol. The molecule has 0 fully saturated rings. The van der Waals surface area contributed by atoms with Gasteiger partial charge in [0.05, 0.1) is 29.0 Å². The zero-order chi connectivity index (χ0) is 21.3. The summed E-state index contributed by atoms with van der Waals surface area (Å²) in [5.74, 6) is -0.165. The van der Waals surface area contributed by atoms with Crippen molar-refractivity contribution in [3.63, 3.8) is 0 Å². The first-order valence-corrected chi connectivity index (χ1v) is 9.83. The quantitative estimate of drug-likeness (QED) is 0.555. The third kappa shape index (κ3) is 3.61. The fourth-order valence-corrected chi connectivity index (χ4v) is 3.59. The van der Waals surface area contributed by atoms with Gasteiger partial charge >= 0.3 is 0 Å². The van der Waals surface area contributed by atoms with E-state index in [1.54, 1.807) is 4.68 Å². The summed E-state index contributed by atoms with van der Waals surface area (Å²) in [7, 11) is 0. The molecule has 30 heavy (non-hydrogen) atoms. The van der Waals surface area contributed by atoms with Crippen molar-refractivity contribution in [2.24, 2.45) is 0 Å². The van der Waals surface area contributed by atoms with Gasteiger partial charge in [0.1, 0.15) is 0 Å². The van der Waals surface area contributed by atoms with Crippen LogP contribution in [0.2, 0.25) is 0 Å². The number of carbonyl (C=O) groups is 1. The molecule has 2 aromatic carbocycles. The van der Waals surface area contributed by atoms with Crippen LogP contribution in [-0.2, 0) is 11.3 Å². The van der Waals surface area contributed by atoms with E-state index in [0.29, 0.717) is 11.2 Å². The molecule has 0 aliphatic rings. The smallest absolute Gasteiger partial charge is 0.295 e. The molecule has 2 heterocycles. The van der Waals surface area contributed by atoms with Crippen LogP contribution in [0.15, 0.2) is 59.4 Å². The summed E-state index contributed by atoms with van der Waals surface area (Å²) < 4.78 is 3.09. The second kappa shape index (κ2) is 7.94. The monoisotopic (exact) mass is 401 g/mol. The Morgan fingerprint density at radius 3 is 2.40 bits per heavy atom. The van der Waals surface area contributed by atoms with Crippen molar-refractivity contribution in [3.8, 4) is 5.69 Å². The minimum Gasteiger partial charge on any atom is -0.326 e. The van der Waals surface area contributed by atoms with Gasteiger partial charge in [0.15, 0.2) is 5.52 Å². The summed E-state index contributed by atoms with van der Waals surface area (Å²) in [6.07, 6.45) is 0.143. The minimum atomic E-state index is -0.294. The molecule has 2 aromatic heterocycles. The molecule has 4 aromatic rings. The van der Waals surface area contributed by atoms with Crippen LogP contribution in [0.4, 0.5) is 5.69 Å². The number of benzene rings is 2. The zero-order valence-corrected chi connectivity index (χ0v) is 17.2. The Labute approximate surface area is 174 Å². The minimum absolute atomic E-state index is 0.143. The molecule has 0 saturated heterocycles. The summed E-state index contributed by atoms with van der Waals surface area (Å²) in [5, 5.41) is 12.6. The Kier molecular flexibility index (Phi) is 5.18. The topological polar surface area (TPSA) is 81.8 Å². The number of para-hydroxylation sites is 2. The Morgan fingerprint density at radius 1 is 0.967 bits per heavy atom. The highest BCUT2D eigenvalue weighted by Crippen LogP contribution is 2.21. The zero-order valence-electron chi connectivity index (χ0n) is 17.2. The van der Waals surface area contributed by atoms with Crippen molar-refractivity contribution in [1.29, 1.82) is 0 Å². The van der Waals surface area contributed by atoms with Gasteiger partial charge in [-0.2, -0.15) is 10.2 Å². The molecule has 0 atom stereocenters. The molecule has 1 amide bonds. The number of aromatic nitrogens is 4. The van der Waals surface area contributed by atoms with Crippen molar-refractivity contribution in [1.82, 2.24) is 19.6 Å². The van der Waals surface area contributed by atoms with Crippen LogP contribution in [0, 0.1) is 20.8 Å². The number of nitrogens with zero attached hydrogens (tertiary/aromatic N) is 4. The first kappa shape index (κ1) is 19.6. The Balaban J connectivity index is 1.61.